The summed E-state index contributed by atoms with van der Waals surface area (Å²) in [5.41, 5.74) is 8.71. The number of cyclic esters (lactones) is 1. The van der Waals surface area contributed by atoms with Crippen molar-refractivity contribution >= 4 is 40.5 Å². The van der Waals surface area contributed by atoms with Crippen LogP contribution in [0.4, 0.5) is 0 Å². The molecule has 3 aromatic carbocycles. The van der Waals surface area contributed by atoms with Gasteiger partial charge >= 0.3 is 5.97 Å². The maximum atomic E-state index is 15.2. The van der Waals surface area contributed by atoms with E-state index in [-0.39, 0.29) is 49.6 Å². The minimum absolute atomic E-state index is 0.00627. The van der Waals surface area contributed by atoms with Gasteiger partial charge in [0.1, 0.15) is 23.4 Å². The van der Waals surface area contributed by atoms with Crippen LogP contribution in [0.25, 0.3) is 33.3 Å². The first-order chi connectivity index (χ1) is 33.5. The van der Waals surface area contributed by atoms with Gasteiger partial charge in [0.05, 0.1) is 24.8 Å². The van der Waals surface area contributed by atoms with Crippen LogP contribution in [0.15, 0.2) is 73.3 Å². The number of aromatic nitrogens is 1. The number of methoxy groups -OCH3 is 1. The van der Waals surface area contributed by atoms with E-state index in [1.807, 2.05) is 6.07 Å². The van der Waals surface area contributed by atoms with Gasteiger partial charge in [-0.3, -0.25) is 29.0 Å². The third-order valence-electron chi connectivity index (χ3n) is 14.8. The van der Waals surface area contributed by atoms with Gasteiger partial charge in [0.15, 0.2) is 0 Å². The molecule has 8 rings (SSSR count). The number of aryl methyl sites for hydroxylation is 1. The Bertz CT molecular complexity index is 2640. The second-order valence-electron chi connectivity index (χ2n) is 20.6. The Morgan fingerprint density at radius 2 is 1.77 bits per heavy atom. The van der Waals surface area contributed by atoms with Gasteiger partial charge in [-0.25, -0.2) is 5.43 Å². The summed E-state index contributed by atoms with van der Waals surface area (Å²) in [6, 6.07) is 18.2. The molecule has 3 N–H and O–H groups in total. The minimum Gasteiger partial charge on any atom is -0.508 e. The number of benzene rings is 3. The lowest BCUT2D eigenvalue weighted by Gasteiger charge is -2.42. The molecule has 70 heavy (non-hydrogen) atoms. The number of nitrogens with one attached hydrogen (secondary N) is 2. The third-order valence-corrected chi connectivity index (χ3v) is 14.8. The number of hydrogen-bond acceptors (Lipinski definition) is 10. The van der Waals surface area contributed by atoms with Crippen LogP contribution in [0.3, 0.4) is 0 Å². The van der Waals surface area contributed by atoms with Gasteiger partial charge in [0.25, 0.3) is 5.91 Å². The van der Waals surface area contributed by atoms with Crippen LogP contribution in [0, 0.1) is 17.3 Å². The van der Waals surface area contributed by atoms with Crippen LogP contribution in [-0.2, 0) is 64.0 Å². The number of hydrazine groups is 1. The Labute approximate surface area is 411 Å². The highest BCUT2D eigenvalue weighted by Gasteiger charge is 2.46. The molecule has 4 aliphatic heterocycles. The maximum absolute atomic E-state index is 15.2. The topological polar surface area (TPSA) is 172 Å². The third kappa shape index (κ3) is 10.5. The highest BCUT2D eigenvalue weighted by molar-refractivity contribution is 5.97. The number of fused-ring (bicyclic) bond motifs is 6. The second kappa shape index (κ2) is 21.1. The van der Waals surface area contributed by atoms with Crippen molar-refractivity contribution < 1.29 is 43.3 Å². The molecule has 6 bridgehead atoms. The Hall–Kier alpha value is -6.03. The van der Waals surface area contributed by atoms with Crippen molar-refractivity contribution in [1.29, 1.82) is 0 Å². The van der Waals surface area contributed by atoms with Crippen molar-refractivity contribution in [2.75, 3.05) is 60.2 Å². The summed E-state index contributed by atoms with van der Waals surface area (Å²) < 4.78 is 19.8. The van der Waals surface area contributed by atoms with Crippen molar-refractivity contribution in [3.8, 4) is 28.1 Å². The highest BCUT2D eigenvalue weighted by atomic mass is 16.5. The number of carbonyl (C=O) groups excluding carboxylic acids is 5. The SMILES string of the molecule is C=CC(=O)N1CC[C@H](C(=O)N(C)[C@H](C(=O)N[C@@]2(C)Cc3cc(O)cc(c3)-c3ccc4c(c3)c(c(-c3ccccc3CCOC)n4CC)CC(C)(C)COC(=O)[C@@H]3CCCN(N3)C2=O)C2CCOCC2)C1. The monoisotopic (exact) mass is 959 g/mol. The molecule has 5 heterocycles. The largest absolute Gasteiger partial charge is 0.508 e. The standard InChI is InChI=1S/C55H70N6O9/c1-8-47(63)59-23-18-39(33-59)51(65)58(6)48(37-20-25-69-26-21-37)50(64)56-55(5)31-35-27-40(29-41(62)28-35)38-16-17-46-43(30-38)44(49(60(46)9-2)42-14-11-10-13-36(42)19-24-68-7)32-54(3,4)34-70-52(66)45-15-12-22-61(57-45)53(55)67/h8,10-11,13-14,16-17,27-30,37,39,45,48,57,62H,1,9,12,15,18-26,31-34H2,2-7H3,(H,56,64)/t39-,45-,48-,55-/m0/s1. The molecule has 374 valence electrons. The van der Waals surface area contributed by atoms with E-state index in [4.69, 9.17) is 14.2 Å². The summed E-state index contributed by atoms with van der Waals surface area (Å²) in [4.78, 5) is 74.3. The maximum Gasteiger partial charge on any atom is 0.324 e. The highest BCUT2D eigenvalue weighted by Crippen LogP contribution is 2.42. The number of amides is 4. The molecule has 0 spiro atoms. The Morgan fingerprint density at radius 3 is 2.51 bits per heavy atom. The van der Waals surface area contributed by atoms with Crippen LogP contribution in [0.2, 0.25) is 0 Å². The molecule has 4 aliphatic rings. The zero-order chi connectivity index (χ0) is 49.9. The predicted molar refractivity (Wildman–Crippen MR) is 267 cm³/mol. The summed E-state index contributed by atoms with van der Waals surface area (Å²) in [6.07, 6.45) is 4.94. The van der Waals surface area contributed by atoms with Gasteiger partial charge in [-0.05, 0) is 123 Å². The fourth-order valence-corrected chi connectivity index (χ4v) is 11.2. The van der Waals surface area contributed by atoms with Gasteiger partial charge in [-0.1, -0.05) is 56.8 Å². The average Bonchev–Trinajstić information content (AvgIpc) is 3.97. The summed E-state index contributed by atoms with van der Waals surface area (Å²) in [7, 11) is 3.33. The quantitative estimate of drug-likeness (QED) is 0.116. The Morgan fingerprint density at radius 1 is 1.00 bits per heavy atom. The zero-order valence-electron chi connectivity index (χ0n) is 41.7. The molecular weight excluding hydrogens is 889 g/mol. The lowest BCUT2D eigenvalue weighted by Crippen LogP contribution is -2.67. The number of esters is 1. The van der Waals surface area contributed by atoms with Crippen molar-refractivity contribution in [2.24, 2.45) is 17.3 Å². The molecular formula is C55H70N6O9. The van der Waals surface area contributed by atoms with Crippen LogP contribution < -0.4 is 10.7 Å². The fourth-order valence-electron chi connectivity index (χ4n) is 11.2. The number of hydrogen-bond donors (Lipinski definition) is 3. The van der Waals surface area contributed by atoms with Gasteiger partial charge in [0.2, 0.25) is 17.7 Å². The molecule has 0 unspecified atom stereocenters. The second-order valence-corrected chi connectivity index (χ2v) is 20.6. The van der Waals surface area contributed by atoms with E-state index in [1.165, 1.54) is 16.0 Å². The summed E-state index contributed by atoms with van der Waals surface area (Å²) >= 11 is 0. The molecule has 3 fully saturated rings. The molecule has 4 aromatic rings. The van der Waals surface area contributed by atoms with E-state index in [1.54, 1.807) is 38.1 Å². The van der Waals surface area contributed by atoms with Gasteiger partial charge in [0, 0.05) is 81.9 Å². The molecule has 3 saturated heterocycles. The van der Waals surface area contributed by atoms with Crippen LogP contribution in [0.1, 0.15) is 76.5 Å². The molecule has 4 amide bonds. The van der Waals surface area contributed by atoms with Crippen molar-refractivity contribution in [3.05, 3.63) is 90.0 Å². The number of likely N-dealkylation sites (tertiary alicyclic amines) is 1. The first kappa shape index (κ1) is 50.4. The van der Waals surface area contributed by atoms with Crippen molar-refractivity contribution in [1.82, 2.24) is 30.1 Å². The van der Waals surface area contributed by atoms with Crippen LogP contribution in [0.5, 0.6) is 5.75 Å². The first-order valence-corrected chi connectivity index (χ1v) is 24.9. The fraction of sp³-hybridized carbons (Fsp3) is 0.509. The molecule has 0 radical (unpaired) electrons. The number of nitrogens with zero attached hydrogens (tertiary/aromatic N) is 4. The molecule has 15 heteroatoms. The lowest BCUT2D eigenvalue weighted by atomic mass is 9.83. The van der Waals surface area contributed by atoms with Crippen LogP contribution in [-0.4, -0.2) is 132 Å². The summed E-state index contributed by atoms with van der Waals surface area (Å²) in [6.45, 7) is 14.7. The molecule has 0 saturated carbocycles. The van der Waals surface area contributed by atoms with Crippen molar-refractivity contribution in [3.63, 3.8) is 0 Å². The normalized spacial score (nSPS) is 22.5. The van der Waals surface area contributed by atoms with Crippen molar-refractivity contribution in [2.45, 2.75) is 103 Å². The molecule has 1 aromatic heterocycles. The number of phenols is 1. The number of aromatic hydroxyl groups is 1. The molecule has 15 nitrogen and oxygen atoms in total. The number of carbonyl (C=O) groups is 5. The smallest absolute Gasteiger partial charge is 0.324 e. The Kier molecular flexibility index (Phi) is 15.2. The number of phenolic OH excluding ortho intramolecular Hbond substituents is 1. The predicted octanol–water partition coefficient (Wildman–Crippen LogP) is 6.22. The summed E-state index contributed by atoms with van der Waals surface area (Å²) in [5, 5.41) is 17.1. The van der Waals surface area contributed by atoms with Gasteiger partial charge in [-0.15, -0.1) is 0 Å². The first-order valence-electron chi connectivity index (χ1n) is 24.9. The van der Waals surface area contributed by atoms with Gasteiger partial charge in [-0.2, -0.15) is 0 Å². The minimum atomic E-state index is -1.65. The number of ether oxygens (including phenoxy) is 3. The Balaban J connectivity index is 1.22. The number of likely N-dealkylation sites (N-methyl/N-ethyl adjacent to an activating group) is 1. The molecule has 4 atom stereocenters. The van der Waals surface area contributed by atoms with E-state index >= 15 is 9.59 Å². The van der Waals surface area contributed by atoms with E-state index in [0.717, 1.165) is 50.8 Å². The number of rotatable bonds is 11. The van der Waals surface area contributed by atoms with E-state index in [2.05, 4.69) is 85.1 Å². The summed E-state index contributed by atoms with van der Waals surface area (Å²) in [5.74, 6) is -2.77. The van der Waals surface area contributed by atoms with Crippen LogP contribution >= 0.6 is 0 Å². The van der Waals surface area contributed by atoms with Gasteiger partial charge < -0.3 is 39.0 Å². The van der Waals surface area contributed by atoms with E-state index in [0.29, 0.717) is 77.0 Å². The van der Waals surface area contributed by atoms with E-state index < -0.39 is 46.7 Å². The molecule has 0 aliphatic carbocycles. The zero-order valence-corrected chi connectivity index (χ0v) is 41.7. The lowest BCUT2D eigenvalue weighted by molar-refractivity contribution is -0.157. The van der Waals surface area contributed by atoms with E-state index in [9.17, 15) is 19.5 Å². The average molecular weight is 959 g/mol.